The van der Waals surface area contributed by atoms with Crippen LogP contribution in [0.3, 0.4) is 0 Å². The Balaban J connectivity index is 0.00000338. The van der Waals surface area contributed by atoms with Crippen molar-refractivity contribution in [2.24, 2.45) is 4.99 Å². The summed E-state index contributed by atoms with van der Waals surface area (Å²) >= 11 is 0. The Hall–Kier alpha value is -1.97. The zero-order valence-corrected chi connectivity index (χ0v) is 17.6. The van der Waals surface area contributed by atoms with Crippen molar-refractivity contribution in [2.45, 2.75) is 26.4 Å². The average Bonchev–Trinajstić information content (AvgIpc) is 3.07. The maximum Gasteiger partial charge on any atom is 0.194 e. The molecule has 0 atom stereocenters. The molecular formula is C18H26FIN6. The van der Waals surface area contributed by atoms with Crippen molar-refractivity contribution in [3.8, 4) is 0 Å². The minimum atomic E-state index is -0.231. The first-order valence-corrected chi connectivity index (χ1v) is 8.35. The first kappa shape index (κ1) is 22.1. The van der Waals surface area contributed by atoms with Crippen LogP contribution in [0.15, 0.2) is 48.2 Å². The van der Waals surface area contributed by atoms with Crippen molar-refractivity contribution in [1.82, 2.24) is 25.0 Å². The zero-order chi connectivity index (χ0) is 18.1. The molecule has 0 unspecified atom stereocenters. The van der Waals surface area contributed by atoms with Gasteiger partial charge in [-0.25, -0.2) is 4.39 Å². The SMILES string of the molecule is C=CCNC(=NCCn1cnnc1CC)N(C)Cc1ccc(F)cc1.I. The van der Waals surface area contributed by atoms with E-state index < -0.39 is 0 Å². The summed E-state index contributed by atoms with van der Waals surface area (Å²) in [5, 5.41) is 11.3. The van der Waals surface area contributed by atoms with Crippen molar-refractivity contribution in [3.05, 3.63) is 60.5 Å². The van der Waals surface area contributed by atoms with Crippen LogP contribution in [-0.4, -0.2) is 45.8 Å². The fourth-order valence-electron chi connectivity index (χ4n) is 2.42. The van der Waals surface area contributed by atoms with Crippen molar-refractivity contribution in [3.63, 3.8) is 0 Å². The van der Waals surface area contributed by atoms with E-state index in [2.05, 4.69) is 34.0 Å². The first-order chi connectivity index (χ1) is 12.1. The summed E-state index contributed by atoms with van der Waals surface area (Å²) in [6.07, 6.45) is 4.36. The summed E-state index contributed by atoms with van der Waals surface area (Å²) in [7, 11) is 1.95. The van der Waals surface area contributed by atoms with Gasteiger partial charge in [-0.3, -0.25) is 4.99 Å². The molecule has 0 aliphatic rings. The Labute approximate surface area is 171 Å². The van der Waals surface area contributed by atoms with Crippen LogP contribution < -0.4 is 5.32 Å². The zero-order valence-electron chi connectivity index (χ0n) is 15.2. The van der Waals surface area contributed by atoms with Crippen LogP contribution >= 0.6 is 24.0 Å². The number of guanidine groups is 1. The smallest absolute Gasteiger partial charge is 0.194 e. The van der Waals surface area contributed by atoms with Crippen LogP contribution in [0.1, 0.15) is 18.3 Å². The van der Waals surface area contributed by atoms with E-state index >= 15 is 0 Å². The Morgan fingerprint density at radius 3 is 2.77 bits per heavy atom. The summed E-state index contributed by atoms with van der Waals surface area (Å²) in [4.78, 5) is 6.66. The predicted molar refractivity (Wildman–Crippen MR) is 113 cm³/mol. The molecular weight excluding hydrogens is 446 g/mol. The molecule has 0 aliphatic heterocycles. The molecule has 6 nitrogen and oxygen atoms in total. The molecule has 8 heteroatoms. The minimum absolute atomic E-state index is 0. The van der Waals surface area contributed by atoms with Gasteiger partial charge in [-0.15, -0.1) is 40.8 Å². The molecule has 1 aromatic carbocycles. The third kappa shape index (κ3) is 6.74. The Morgan fingerprint density at radius 1 is 1.38 bits per heavy atom. The molecule has 0 amide bonds. The quantitative estimate of drug-likeness (QED) is 0.278. The van der Waals surface area contributed by atoms with E-state index in [-0.39, 0.29) is 29.8 Å². The van der Waals surface area contributed by atoms with Gasteiger partial charge in [0.05, 0.1) is 6.54 Å². The standard InChI is InChI=1S/C18H25FN6.HI/c1-4-10-20-18(21-11-12-25-14-22-23-17(25)5-2)24(3)13-15-6-8-16(19)9-7-15;/h4,6-9,14H,1,5,10-13H2,2-3H3,(H,20,21);1H. The van der Waals surface area contributed by atoms with Gasteiger partial charge in [0.2, 0.25) is 0 Å². The van der Waals surface area contributed by atoms with E-state index in [1.807, 2.05) is 16.5 Å². The average molecular weight is 472 g/mol. The normalized spacial score (nSPS) is 11.0. The van der Waals surface area contributed by atoms with E-state index in [1.54, 1.807) is 24.5 Å². The van der Waals surface area contributed by atoms with Gasteiger partial charge < -0.3 is 14.8 Å². The molecule has 0 saturated carbocycles. The molecule has 0 aliphatic carbocycles. The fourth-order valence-corrected chi connectivity index (χ4v) is 2.42. The van der Waals surface area contributed by atoms with Crippen LogP contribution in [0.25, 0.3) is 0 Å². The first-order valence-electron chi connectivity index (χ1n) is 8.35. The minimum Gasteiger partial charge on any atom is -0.353 e. The number of nitrogens with zero attached hydrogens (tertiary/aromatic N) is 5. The second-order valence-corrected chi connectivity index (χ2v) is 5.65. The number of aliphatic imine (C=N–C) groups is 1. The number of benzene rings is 1. The highest BCUT2D eigenvalue weighted by Gasteiger charge is 2.07. The van der Waals surface area contributed by atoms with Gasteiger partial charge in [-0.05, 0) is 17.7 Å². The van der Waals surface area contributed by atoms with Gasteiger partial charge in [-0.2, -0.15) is 0 Å². The number of aryl methyl sites for hydroxylation is 1. The Kier molecular flexibility index (Phi) is 9.85. The molecule has 0 radical (unpaired) electrons. The number of aromatic nitrogens is 3. The van der Waals surface area contributed by atoms with Gasteiger partial charge in [0.1, 0.15) is 18.0 Å². The number of hydrogen-bond acceptors (Lipinski definition) is 3. The lowest BCUT2D eigenvalue weighted by molar-refractivity contribution is 0.476. The van der Waals surface area contributed by atoms with Gasteiger partial charge in [0.25, 0.3) is 0 Å². The monoisotopic (exact) mass is 472 g/mol. The molecule has 1 aromatic heterocycles. The van der Waals surface area contributed by atoms with E-state index in [4.69, 9.17) is 0 Å². The van der Waals surface area contributed by atoms with Crippen molar-refractivity contribution in [1.29, 1.82) is 0 Å². The molecule has 1 heterocycles. The molecule has 2 aromatic rings. The highest BCUT2D eigenvalue weighted by Crippen LogP contribution is 2.06. The number of rotatable bonds is 8. The summed E-state index contributed by atoms with van der Waals surface area (Å²) in [6.45, 7) is 8.37. The number of hydrogen-bond donors (Lipinski definition) is 1. The van der Waals surface area contributed by atoms with Gasteiger partial charge in [0, 0.05) is 33.1 Å². The van der Waals surface area contributed by atoms with Gasteiger partial charge in [0.15, 0.2) is 5.96 Å². The Bertz CT molecular complexity index is 698. The van der Waals surface area contributed by atoms with Crippen LogP contribution in [0.4, 0.5) is 4.39 Å². The summed E-state index contributed by atoms with van der Waals surface area (Å²) < 4.78 is 15.0. The van der Waals surface area contributed by atoms with Crippen LogP contribution in [0, 0.1) is 5.82 Å². The maximum absolute atomic E-state index is 13.0. The Morgan fingerprint density at radius 2 is 2.12 bits per heavy atom. The van der Waals surface area contributed by atoms with Gasteiger partial charge in [-0.1, -0.05) is 25.1 Å². The fraction of sp³-hybridized carbons (Fsp3) is 0.389. The molecule has 0 saturated heterocycles. The van der Waals surface area contributed by atoms with E-state index in [0.717, 1.165) is 30.3 Å². The van der Waals surface area contributed by atoms with Crippen LogP contribution in [0.2, 0.25) is 0 Å². The lowest BCUT2D eigenvalue weighted by Crippen LogP contribution is -2.39. The molecule has 142 valence electrons. The predicted octanol–water partition coefficient (Wildman–Crippen LogP) is 2.86. The molecule has 0 bridgehead atoms. The molecule has 0 spiro atoms. The van der Waals surface area contributed by atoms with Crippen molar-refractivity contribution < 1.29 is 4.39 Å². The third-order valence-corrected chi connectivity index (χ3v) is 3.71. The highest BCUT2D eigenvalue weighted by molar-refractivity contribution is 14.0. The van der Waals surface area contributed by atoms with Gasteiger partial charge >= 0.3 is 0 Å². The summed E-state index contributed by atoms with van der Waals surface area (Å²) in [5.41, 5.74) is 1.02. The summed E-state index contributed by atoms with van der Waals surface area (Å²) in [6, 6.07) is 6.49. The maximum atomic E-state index is 13.0. The van der Waals surface area contributed by atoms with E-state index in [1.165, 1.54) is 12.1 Å². The highest BCUT2D eigenvalue weighted by atomic mass is 127. The van der Waals surface area contributed by atoms with Crippen LogP contribution in [-0.2, 0) is 19.5 Å². The topological polar surface area (TPSA) is 58.3 Å². The molecule has 1 N–H and O–H groups in total. The second-order valence-electron chi connectivity index (χ2n) is 5.65. The number of halogens is 2. The summed E-state index contributed by atoms with van der Waals surface area (Å²) in [5.74, 6) is 1.50. The van der Waals surface area contributed by atoms with E-state index in [9.17, 15) is 4.39 Å². The second kappa shape index (κ2) is 11.6. The molecule has 0 fully saturated rings. The molecule has 26 heavy (non-hydrogen) atoms. The van der Waals surface area contributed by atoms with Crippen LogP contribution in [0.5, 0.6) is 0 Å². The third-order valence-electron chi connectivity index (χ3n) is 3.71. The number of nitrogens with one attached hydrogen (secondary N) is 1. The van der Waals surface area contributed by atoms with Crippen molar-refractivity contribution in [2.75, 3.05) is 20.1 Å². The molecule has 2 rings (SSSR count). The largest absolute Gasteiger partial charge is 0.353 e. The lowest BCUT2D eigenvalue weighted by atomic mass is 10.2. The lowest BCUT2D eigenvalue weighted by Gasteiger charge is -2.22. The van der Waals surface area contributed by atoms with E-state index in [0.29, 0.717) is 19.6 Å². The van der Waals surface area contributed by atoms with Crippen molar-refractivity contribution >= 4 is 29.9 Å².